The number of fused-ring (bicyclic) bond motifs is 1. The fraction of sp³-hybridized carbons (Fsp3) is 0.385. The monoisotopic (exact) mass is 282 g/mol. The molecule has 0 radical (unpaired) electrons. The Labute approximate surface area is 113 Å². The van der Waals surface area contributed by atoms with Crippen molar-refractivity contribution in [1.29, 1.82) is 0 Å². The fourth-order valence-corrected chi connectivity index (χ4v) is 2.81. The van der Waals surface area contributed by atoms with E-state index in [9.17, 15) is 8.42 Å². The topological polar surface area (TPSA) is 71.2 Å². The molecule has 0 atom stereocenters. The summed E-state index contributed by atoms with van der Waals surface area (Å²) in [6, 6.07) is 7.90. The highest BCUT2D eigenvalue weighted by molar-refractivity contribution is 7.89. The number of aryl methyl sites for hydroxylation is 1. The summed E-state index contributed by atoms with van der Waals surface area (Å²) in [6.07, 6.45) is 0. The van der Waals surface area contributed by atoms with Gasteiger partial charge in [0.05, 0.1) is 12.4 Å². The van der Waals surface area contributed by atoms with Crippen molar-refractivity contribution in [1.82, 2.24) is 9.71 Å². The van der Waals surface area contributed by atoms with Crippen LogP contribution in [0.25, 0.3) is 10.9 Å². The average Bonchev–Trinajstić information content (AvgIpc) is 2.73. The minimum Gasteiger partial charge on any atom is -0.384 e. The maximum Gasteiger partial charge on any atom is 0.214 e. The van der Waals surface area contributed by atoms with Gasteiger partial charge in [0.1, 0.15) is 0 Å². The molecule has 1 aromatic carbocycles. The molecule has 0 aliphatic rings. The van der Waals surface area contributed by atoms with E-state index < -0.39 is 10.0 Å². The van der Waals surface area contributed by atoms with E-state index in [-0.39, 0.29) is 12.4 Å². The van der Waals surface area contributed by atoms with Gasteiger partial charge in [-0.25, -0.2) is 13.1 Å². The molecule has 0 aliphatic carbocycles. The van der Waals surface area contributed by atoms with Gasteiger partial charge in [0.25, 0.3) is 0 Å². The maximum atomic E-state index is 11.6. The lowest BCUT2D eigenvalue weighted by Gasteiger charge is -2.06. The largest absolute Gasteiger partial charge is 0.384 e. The zero-order valence-corrected chi connectivity index (χ0v) is 11.9. The molecule has 0 aliphatic heterocycles. The van der Waals surface area contributed by atoms with Crippen molar-refractivity contribution in [3.8, 4) is 0 Å². The third-order valence-corrected chi connectivity index (χ3v) is 4.16. The highest BCUT2D eigenvalue weighted by Crippen LogP contribution is 2.16. The molecule has 2 aromatic rings. The molecule has 0 saturated carbocycles. The predicted octanol–water partition coefficient (Wildman–Crippen LogP) is 1.54. The number of sulfonamides is 1. The molecule has 1 aromatic heterocycles. The number of ether oxygens (including phenoxy) is 1. The first-order valence-corrected chi connectivity index (χ1v) is 7.70. The molecule has 6 heteroatoms. The van der Waals surface area contributed by atoms with E-state index in [0.29, 0.717) is 6.54 Å². The summed E-state index contributed by atoms with van der Waals surface area (Å²) in [5, 5.41) is 1.09. The standard InChI is InChI=1S/C13H18N2O3S/c1-10-7-12-8-11(3-4-13(12)15-10)9-14-19(16,17)6-5-18-2/h3-4,7-8,14-15H,5-6,9H2,1-2H3. The molecule has 19 heavy (non-hydrogen) atoms. The number of hydrogen-bond acceptors (Lipinski definition) is 3. The molecule has 5 nitrogen and oxygen atoms in total. The van der Waals surface area contributed by atoms with Crippen LogP contribution >= 0.6 is 0 Å². The zero-order chi connectivity index (χ0) is 13.9. The first-order chi connectivity index (χ1) is 9.00. The Morgan fingerprint density at radius 2 is 2.11 bits per heavy atom. The van der Waals surface area contributed by atoms with Gasteiger partial charge in [-0.15, -0.1) is 0 Å². The van der Waals surface area contributed by atoms with Gasteiger partial charge in [0.2, 0.25) is 10.0 Å². The van der Waals surface area contributed by atoms with Crippen molar-refractivity contribution in [2.24, 2.45) is 0 Å². The number of H-pyrrole nitrogens is 1. The van der Waals surface area contributed by atoms with E-state index in [4.69, 9.17) is 4.74 Å². The predicted molar refractivity (Wildman–Crippen MR) is 75.5 cm³/mol. The van der Waals surface area contributed by atoms with Crippen molar-refractivity contribution in [2.45, 2.75) is 13.5 Å². The molecular formula is C13H18N2O3S. The van der Waals surface area contributed by atoms with Gasteiger partial charge in [-0.1, -0.05) is 6.07 Å². The van der Waals surface area contributed by atoms with E-state index in [0.717, 1.165) is 22.2 Å². The van der Waals surface area contributed by atoms with Crippen LogP contribution < -0.4 is 4.72 Å². The lowest BCUT2D eigenvalue weighted by Crippen LogP contribution is -2.27. The van der Waals surface area contributed by atoms with Crippen molar-refractivity contribution < 1.29 is 13.2 Å². The lowest BCUT2D eigenvalue weighted by atomic mass is 10.1. The first kappa shape index (κ1) is 14.0. The molecule has 2 N–H and O–H groups in total. The summed E-state index contributed by atoms with van der Waals surface area (Å²) < 4.78 is 30.6. The minimum absolute atomic E-state index is 0.0188. The van der Waals surface area contributed by atoms with Crippen LogP contribution in [0.4, 0.5) is 0 Å². The number of nitrogens with one attached hydrogen (secondary N) is 2. The summed E-state index contributed by atoms with van der Waals surface area (Å²) in [7, 11) is -1.79. The van der Waals surface area contributed by atoms with Gasteiger partial charge in [-0.05, 0) is 36.1 Å². The van der Waals surface area contributed by atoms with E-state index in [1.165, 1.54) is 7.11 Å². The third kappa shape index (κ3) is 3.79. The Morgan fingerprint density at radius 3 is 2.84 bits per heavy atom. The van der Waals surface area contributed by atoms with Crippen LogP contribution in [0.2, 0.25) is 0 Å². The van der Waals surface area contributed by atoms with Gasteiger partial charge < -0.3 is 9.72 Å². The number of hydrogen-bond donors (Lipinski definition) is 2. The molecule has 0 saturated heterocycles. The van der Waals surface area contributed by atoms with Crippen molar-refractivity contribution in [3.63, 3.8) is 0 Å². The van der Waals surface area contributed by atoms with Crippen LogP contribution in [0.3, 0.4) is 0 Å². The Balaban J connectivity index is 2.05. The van der Waals surface area contributed by atoms with Crippen LogP contribution in [0.5, 0.6) is 0 Å². The second kappa shape index (κ2) is 5.73. The Kier molecular flexibility index (Phi) is 4.24. The molecule has 0 spiro atoms. The summed E-state index contributed by atoms with van der Waals surface area (Å²) in [6.45, 7) is 2.49. The first-order valence-electron chi connectivity index (χ1n) is 6.05. The quantitative estimate of drug-likeness (QED) is 0.844. The van der Waals surface area contributed by atoms with Gasteiger partial charge in [0, 0.05) is 24.9 Å². The molecule has 104 valence electrons. The minimum atomic E-state index is -3.27. The molecule has 0 unspecified atom stereocenters. The van der Waals surface area contributed by atoms with Crippen LogP contribution in [0.1, 0.15) is 11.3 Å². The van der Waals surface area contributed by atoms with E-state index in [1.807, 2.05) is 31.2 Å². The Morgan fingerprint density at radius 1 is 1.32 bits per heavy atom. The summed E-state index contributed by atoms with van der Waals surface area (Å²) >= 11 is 0. The number of methoxy groups -OCH3 is 1. The van der Waals surface area contributed by atoms with Gasteiger partial charge in [-0.2, -0.15) is 0 Å². The molecule has 0 fully saturated rings. The van der Waals surface area contributed by atoms with Gasteiger partial charge >= 0.3 is 0 Å². The smallest absolute Gasteiger partial charge is 0.214 e. The zero-order valence-electron chi connectivity index (χ0n) is 11.1. The Hall–Kier alpha value is -1.37. The number of benzene rings is 1. The molecule has 1 heterocycles. The Bertz CT molecular complexity index is 662. The number of aromatic amines is 1. The third-order valence-electron chi connectivity index (χ3n) is 2.87. The average molecular weight is 282 g/mol. The SMILES string of the molecule is COCCS(=O)(=O)NCc1ccc2[nH]c(C)cc2c1. The van der Waals surface area contributed by atoms with Crippen LogP contribution in [-0.4, -0.2) is 32.9 Å². The second-order valence-corrected chi connectivity index (χ2v) is 6.43. The maximum absolute atomic E-state index is 11.6. The van der Waals surface area contributed by atoms with E-state index in [1.54, 1.807) is 0 Å². The van der Waals surface area contributed by atoms with Crippen LogP contribution in [0.15, 0.2) is 24.3 Å². The van der Waals surface area contributed by atoms with Crippen LogP contribution in [0, 0.1) is 6.92 Å². The molecule has 0 bridgehead atoms. The molecule has 0 amide bonds. The fourth-order valence-electron chi connectivity index (χ4n) is 1.90. The van der Waals surface area contributed by atoms with Crippen molar-refractivity contribution in [2.75, 3.05) is 19.5 Å². The molecule has 2 rings (SSSR count). The van der Waals surface area contributed by atoms with E-state index in [2.05, 4.69) is 9.71 Å². The number of aromatic nitrogens is 1. The normalized spacial score (nSPS) is 12.1. The van der Waals surface area contributed by atoms with Gasteiger partial charge in [-0.3, -0.25) is 0 Å². The van der Waals surface area contributed by atoms with Crippen LogP contribution in [-0.2, 0) is 21.3 Å². The summed E-state index contributed by atoms with van der Waals surface area (Å²) in [4.78, 5) is 3.23. The highest BCUT2D eigenvalue weighted by Gasteiger charge is 2.09. The van der Waals surface area contributed by atoms with E-state index >= 15 is 0 Å². The number of rotatable bonds is 6. The lowest BCUT2D eigenvalue weighted by molar-refractivity contribution is 0.217. The second-order valence-electron chi connectivity index (χ2n) is 4.51. The highest BCUT2D eigenvalue weighted by atomic mass is 32.2. The van der Waals surface area contributed by atoms with Crippen molar-refractivity contribution >= 4 is 20.9 Å². The van der Waals surface area contributed by atoms with Gasteiger partial charge in [0.15, 0.2) is 0 Å². The molecular weight excluding hydrogens is 264 g/mol. The van der Waals surface area contributed by atoms with Crippen molar-refractivity contribution in [3.05, 3.63) is 35.5 Å². The summed E-state index contributed by atoms with van der Waals surface area (Å²) in [5.74, 6) is -0.0188. The summed E-state index contributed by atoms with van der Waals surface area (Å²) in [5.41, 5.74) is 3.09.